The zero-order valence-electron chi connectivity index (χ0n) is 14.4. The Balaban J connectivity index is 0.00000182. The van der Waals surface area contributed by atoms with Crippen molar-refractivity contribution >= 4 is 30.1 Å². The third kappa shape index (κ3) is 3.61. The van der Waals surface area contributed by atoms with Gasteiger partial charge in [0.2, 0.25) is 11.9 Å². The summed E-state index contributed by atoms with van der Waals surface area (Å²) < 4.78 is 0. The molecule has 0 bridgehead atoms. The Kier molecular flexibility index (Phi) is 5.23. The fraction of sp³-hybridized carbons (Fsp3) is 0.421. The van der Waals surface area contributed by atoms with Crippen molar-refractivity contribution in [2.75, 3.05) is 29.9 Å². The van der Waals surface area contributed by atoms with Crippen LogP contribution in [0.5, 0.6) is 0 Å². The molecule has 2 aromatic rings. The lowest BCUT2D eigenvalue weighted by atomic mass is 9.90. The van der Waals surface area contributed by atoms with E-state index in [0.717, 1.165) is 55.6 Å². The van der Waals surface area contributed by atoms with Gasteiger partial charge in [0, 0.05) is 31.9 Å². The molecule has 0 aliphatic carbocycles. The summed E-state index contributed by atoms with van der Waals surface area (Å²) in [7, 11) is 1.79. The van der Waals surface area contributed by atoms with Gasteiger partial charge >= 0.3 is 0 Å². The molecule has 0 radical (unpaired) electrons. The summed E-state index contributed by atoms with van der Waals surface area (Å²) in [6.07, 6.45) is 5.70. The maximum atomic E-state index is 11.8. The van der Waals surface area contributed by atoms with E-state index in [0.29, 0.717) is 6.42 Å². The predicted octanol–water partition coefficient (Wildman–Crippen LogP) is 2.88. The van der Waals surface area contributed by atoms with E-state index in [-0.39, 0.29) is 18.3 Å². The largest absolute Gasteiger partial charge is 0.341 e. The molecule has 1 saturated heterocycles. The number of rotatable bonds is 3. The number of nitrogens with zero attached hydrogens (tertiary/aromatic N) is 4. The number of aromatic nitrogens is 2. The van der Waals surface area contributed by atoms with Gasteiger partial charge in [0.1, 0.15) is 5.82 Å². The van der Waals surface area contributed by atoms with E-state index < -0.39 is 0 Å². The molecule has 0 saturated carbocycles. The van der Waals surface area contributed by atoms with Gasteiger partial charge < -0.3 is 4.90 Å². The zero-order valence-corrected chi connectivity index (χ0v) is 15.2. The van der Waals surface area contributed by atoms with Crippen LogP contribution < -0.4 is 9.80 Å². The molecule has 132 valence electrons. The van der Waals surface area contributed by atoms with E-state index in [4.69, 9.17) is 0 Å². The highest BCUT2D eigenvalue weighted by molar-refractivity contribution is 5.99. The van der Waals surface area contributed by atoms with E-state index >= 15 is 0 Å². The van der Waals surface area contributed by atoms with E-state index in [9.17, 15) is 4.79 Å². The fourth-order valence-corrected chi connectivity index (χ4v) is 3.64. The van der Waals surface area contributed by atoms with Gasteiger partial charge in [-0.3, -0.25) is 9.69 Å². The minimum absolute atomic E-state index is 0. The highest BCUT2D eigenvalue weighted by Gasteiger charge is 2.28. The van der Waals surface area contributed by atoms with Gasteiger partial charge in [-0.25, -0.2) is 4.98 Å². The average molecular weight is 359 g/mol. The summed E-state index contributed by atoms with van der Waals surface area (Å²) >= 11 is 0. The maximum absolute atomic E-state index is 11.8. The number of anilines is 2. The first-order chi connectivity index (χ1) is 11.7. The van der Waals surface area contributed by atoms with Gasteiger partial charge in [-0.05, 0) is 30.7 Å². The second-order valence-corrected chi connectivity index (χ2v) is 6.77. The molecule has 3 heterocycles. The lowest BCUT2D eigenvalue weighted by molar-refractivity contribution is -0.117. The fourth-order valence-electron chi connectivity index (χ4n) is 3.64. The third-order valence-corrected chi connectivity index (χ3v) is 5.13. The summed E-state index contributed by atoms with van der Waals surface area (Å²) in [4.78, 5) is 24.8. The van der Waals surface area contributed by atoms with Crippen molar-refractivity contribution in [1.29, 1.82) is 0 Å². The normalized spacial score (nSPS) is 17.4. The minimum Gasteiger partial charge on any atom is -0.341 e. The van der Waals surface area contributed by atoms with Crippen molar-refractivity contribution in [2.24, 2.45) is 5.92 Å². The first-order valence-electron chi connectivity index (χ1n) is 8.62. The first kappa shape index (κ1) is 17.7. The topological polar surface area (TPSA) is 49.3 Å². The van der Waals surface area contributed by atoms with Crippen LogP contribution in [0.4, 0.5) is 11.8 Å². The number of piperidine rings is 1. The molecule has 1 fully saturated rings. The second kappa shape index (κ2) is 7.40. The first-order valence-corrected chi connectivity index (χ1v) is 8.62. The average Bonchev–Trinajstić information content (AvgIpc) is 2.90. The standard InChI is InChI=1S/C19H22N4O.ClH/c1-22-17(24)12-16-13-20-19(21-18(16)22)23-9-7-15(8-10-23)11-14-5-3-2-4-6-14;/h2-6,13,15H,7-12H2,1H3;1H. The van der Waals surface area contributed by atoms with Gasteiger partial charge in [0.05, 0.1) is 6.42 Å². The Morgan fingerprint density at radius 2 is 1.88 bits per heavy atom. The highest BCUT2D eigenvalue weighted by atomic mass is 35.5. The van der Waals surface area contributed by atoms with Crippen LogP contribution in [-0.4, -0.2) is 36.0 Å². The Bertz CT molecular complexity index is 744. The number of hydrogen-bond acceptors (Lipinski definition) is 4. The number of halogens is 1. The quantitative estimate of drug-likeness (QED) is 0.846. The molecular formula is C19H23ClN4O. The molecule has 0 N–H and O–H groups in total. The van der Waals surface area contributed by atoms with Gasteiger partial charge in [0.15, 0.2) is 0 Å². The number of carbonyl (C=O) groups excluding carboxylic acids is 1. The van der Waals surface area contributed by atoms with Crippen LogP contribution in [0.15, 0.2) is 36.5 Å². The molecule has 1 amide bonds. The molecule has 1 aromatic carbocycles. The number of carbonyl (C=O) groups is 1. The number of fused-ring (bicyclic) bond motifs is 1. The van der Waals surface area contributed by atoms with Gasteiger partial charge in [-0.2, -0.15) is 4.98 Å². The number of benzene rings is 1. The lowest BCUT2D eigenvalue weighted by Crippen LogP contribution is -2.35. The molecule has 1 aromatic heterocycles. The Morgan fingerprint density at radius 1 is 1.16 bits per heavy atom. The smallest absolute Gasteiger partial charge is 0.232 e. The Morgan fingerprint density at radius 3 is 2.60 bits per heavy atom. The van der Waals surface area contributed by atoms with E-state index in [1.54, 1.807) is 11.9 Å². The molecule has 6 heteroatoms. The van der Waals surface area contributed by atoms with E-state index in [1.165, 1.54) is 5.56 Å². The third-order valence-electron chi connectivity index (χ3n) is 5.13. The van der Waals surface area contributed by atoms with Crippen LogP contribution in [0.3, 0.4) is 0 Å². The Hall–Kier alpha value is -2.14. The second-order valence-electron chi connectivity index (χ2n) is 6.77. The van der Waals surface area contributed by atoms with Crippen LogP contribution in [-0.2, 0) is 17.6 Å². The van der Waals surface area contributed by atoms with Crippen LogP contribution >= 0.6 is 12.4 Å². The summed E-state index contributed by atoms with van der Waals surface area (Å²) in [5.41, 5.74) is 2.36. The van der Waals surface area contributed by atoms with Crippen molar-refractivity contribution in [3.8, 4) is 0 Å². The summed E-state index contributed by atoms with van der Waals surface area (Å²) in [5.74, 6) is 2.35. The zero-order chi connectivity index (χ0) is 16.5. The molecule has 4 rings (SSSR count). The SMILES string of the molecule is CN1C(=O)Cc2cnc(N3CCC(Cc4ccccc4)CC3)nc21.Cl. The van der Waals surface area contributed by atoms with Crippen molar-refractivity contribution in [2.45, 2.75) is 25.7 Å². The van der Waals surface area contributed by atoms with Crippen molar-refractivity contribution in [3.05, 3.63) is 47.7 Å². The highest BCUT2D eigenvalue weighted by Crippen LogP contribution is 2.29. The van der Waals surface area contributed by atoms with E-state index in [2.05, 4.69) is 45.2 Å². The van der Waals surface area contributed by atoms with Crippen LogP contribution in [0.25, 0.3) is 0 Å². The van der Waals surface area contributed by atoms with Crippen molar-refractivity contribution in [1.82, 2.24) is 9.97 Å². The monoisotopic (exact) mass is 358 g/mol. The molecule has 0 unspecified atom stereocenters. The van der Waals surface area contributed by atoms with Crippen LogP contribution in [0, 0.1) is 5.92 Å². The Labute approximate surface area is 154 Å². The molecule has 0 spiro atoms. The van der Waals surface area contributed by atoms with Gasteiger partial charge in [-0.15, -0.1) is 12.4 Å². The van der Waals surface area contributed by atoms with Crippen molar-refractivity contribution < 1.29 is 4.79 Å². The number of likely N-dealkylation sites (N-methyl/N-ethyl adjacent to an activating group) is 1. The molecular weight excluding hydrogens is 336 g/mol. The minimum atomic E-state index is 0. The summed E-state index contributed by atoms with van der Waals surface area (Å²) in [6, 6.07) is 10.7. The van der Waals surface area contributed by atoms with Gasteiger partial charge in [0.25, 0.3) is 0 Å². The van der Waals surface area contributed by atoms with Crippen LogP contribution in [0.2, 0.25) is 0 Å². The van der Waals surface area contributed by atoms with E-state index in [1.807, 2.05) is 6.20 Å². The predicted molar refractivity (Wildman–Crippen MR) is 101 cm³/mol. The molecule has 2 aliphatic heterocycles. The van der Waals surface area contributed by atoms with Crippen molar-refractivity contribution in [3.63, 3.8) is 0 Å². The van der Waals surface area contributed by atoms with Crippen LogP contribution in [0.1, 0.15) is 24.0 Å². The van der Waals surface area contributed by atoms with Gasteiger partial charge in [-0.1, -0.05) is 30.3 Å². The summed E-state index contributed by atoms with van der Waals surface area (Å²) in [5, 5.41) is 0. The summed E-state index contributed by atoms with van der Waals surface area (Å²) in [6.45, 7) is 1.96. The molecule has 0 atom stereocenters. The molecule has 25 heavy (non-hydrogen) atoms. The number of hydrogen-bond donors (Lipinski definition) is 0. The molecule has 2 aliphatic rings. The number of amides is 1. The maximum Gasteiger partial charge on any atom is 0.232 e. The molecule has 5 nitrogen and oxygen atoms in total. The lowest BCUT2D eigenvalue weighted by Gasteiger charge is -2.32.